The van der Waals surface area contributed by atoms with E-state index in [0.717, 1.165) is 57.0 Å². The smallest absolute Gasteiger partial charge is 0.125 e. The molecule has 0 aliphatic carbocycles. The average Bonchev–Trinajstić information content (AvgIpc) is 2.84. The van der Waals surface area contributed by atoms with E-state index in [1.54, 1.807) is 0 Å². The molecule has 0 amide bonds. The lowest BCUT2D eigenvalue weighted by Crippen LogP contribution is -2.46. The molecule has 0 saturated carbocycles. The normalized spacial score (nSPS) is 16.0. The number of halogens is 1. The highest BCUT2D eigenvalue weighted by molar-refractivity contribution is 5.37. The standard InChI is InChI=1S/C30H37FN2O/c1-23(2)29-14-13-28(21-24(29)3)34-30(26-9-11-27(31)12-10-26)15-16-32-17-19-33(20-18-32)22-25-7-5-4-6-8-25/h4-14,21,23,30H,15-20,22H2,1-3H3. The Morgan fingerprint density at radius 3 is 2.18 bits per heavy atom. The maximum absolute atomic E-state index is 13.6. The Morgan fingerprint density at radius 2 is 1.53 bits per heavy atom. The van der Waals surface area contributed by atoms with Gasteiger partial charge in [-0.3, -0.25) is 4.90 Å². The number of ether oxygens (including phenoxy) is 1. The summed E-state index contributed by atoms with van der Waals surface area (Å²) in [6.07, 6.45) is 0.766. The number of hydrogen-bond donors (Lipinski definition) is 0. The Bertz CT molecular complexity index is 1030. The van der Waals surface area contributed by atoms with Crippen LogP contribution >= 0.6 is 0 Å². The van der Waals surface area contributed by atoms with Crippen LogP contribution in [0.5, 0.6) is 5.75 Å². The van der Waals surface area contributed by atoms with E-state index in [-0.39, 0.29) is 11.9 Å². The van der Waals surface area contributed by atoms with Gasteiger partial charge in [0.2, 0.25) is 0 Å². The van der Waals surface area contributed by atoms with Crippen LogP contribution in [0, 0.1) is 12.7 Å². The first-order valence-electron chi connectivity index (χ1n) is 12.5. The second kappa shape index (κ2) is 11.6. The zero-order valence-electron chi connectivity index (χ0n) is 20.7. The fraction of sp³-hybridized carbons (Fsp3) is 0.400. The molecule has 1 fully saturated rings. The van der Waals surface area contributed by atoms with Crippen molar-refractivity contribution in [1.29, 1.82) is 0 Å². The van der Waals surface area contributed by atoms with Gasteiger partial charge in [-0.2, -0.15) is 0 Å². The molecule has 34 heavy (non-hydrogen) atoms. The Morgan fingerprint density at radius 1 is 0.853 bits per heavy atom. The zero-order chi connectivity index (χ0) is 23.9. The molecule has 0 aromatic heterocycles. The maximum Gasteiger partial charge on any atom is 0.125 e. The molecule has 0 spiro atoms. The number of benzene rings is 3. The van der Waals surface area contributed by atoms with Crippen LogP contribution in [-0.4, -0.2) is 42.5 Å². The molecule has 1 heterocycles. The van der Waals surface area contributed by atoms with E-state index in [9.17, 15) is 4.39 Å². The number of nitrogens with zero attached hydrogens (tertiary/aromatic N) is 2. The van der Waals surface area contributed by atoms with Crippen LogP contribution < -0.4 is 4.74 Å². The van der Waals surface area contributed by atoms with Crippen molar-refractivity contribution in [3.05, 3.63) is 101 Å². The lowest BCUT2D eigenvalue weighted by molar-refractivity contribution is 0.107. The number of aryl methyl sites for hydroxylation is 1. The van der Waals surface area contributed by atoms with Crippen molar-refractivity contribution in [3.8, 4) is 5.75 Å². The van der Waals surface area contributed by atoms with E-state index < -0.39 is 0 Å². The summed E-state index contributed by atoms with van der Waals surface area (Å²) in [5.74, 6) is 1.15. The molecule has 3 nitrogen and oxygen atoms in total. The monoisotopic (exact) mass is 460 g/mol. The average molecular weight is 461 g/mol. The van der Waals surface area contributed by atoms with Crippen LogP contribution in [0.3, 0.4) is 0 Å². The van der Waals surface area contributed by atoms with Crippen LogP contribution in [0.25, 0.3) is 0 Å². The molecule has 1 aliphatic rings. The maximum atomic E-state index is 13.6. The topological polar surface area (TPSA) is 15.7 Å². The van der Waals surface area contributed by atoms with Gasteiger partial charge in [-0.25, -0.2) is 4.39 Å². The number of hydrogen-bond acceptors (Lipinski definition) is 3. The van der Waals surface area contributed by atoms with Gasteiger partial charge >= 0.3 is 0 Å². The summed E-state index contributed by atoms with van der Waals surface area (Å²) < 4.78 is 20.1. The van der Waals surface area contributed by atoms with Crippen LogP contribution in [0.4, 0.5) is 4.39 Å². The Kier molecular flexibility index (Phi) is 8.36. The predicted octanol–water partition coefficient (Wildman–Crippen LogP) is 6.59. The minimum absolute atomic E-state index is 0.104. The van der Waals surface area contributed by atoms with Crippen molar-refractivity contribution in [2.45, 2.75) is 45.8 Å². The summed E-state index contributed by atoms with van der Waals surface area (Å²) in [5.41, 5.74) is 4.99. The first kappa shape index (κ1) is 24.4. The molecule has 0 radical (unpaired) electrons. The molecule has 4 heteroatoms. The Hall–Kier alpha value is -2.69. The van der Waals surface area contributed by atoms with Gasteiger partial charge < -0.3 is 9.64 Å². The molecule has 1 aliphatic heterocycles. The van der Waals surface area contributed by atoms with E-state index in [4.69, 9.17) is 4.74 Å². The highest BCUT2D eigenvalue weighted by Crippen LogP contribution is 2.29. The van der Waals surface area contributed by atoms with Gasteiger partial charge in [0, 0.05) is 45.7 Å². The summed E-state index contributed by atoms with van der Waals surface area (Å²) in [6.45, 7) is 12.8. The van der Waals surface area contributed by atoms with Gasteiger partial charge in [-0.15, -0.1) is 0 Å². The zero-order valence-corrected chi connectivity index (χ0v) is 20.7. The molecular weight excluding hydrogens is 423 g/mol. The van der Waals surface area contributed by atoms with Crippen molar-refractivity contribution in [3.63, 3.8) is 0 Å². The minimum atomic E-state index is -0.214. The van der Waals surface area contributed by atoms with Crippen molar-refractivity contribution in [2.75, 3.05) is 32.7 Å². The second-order valence-corrected chi connectivity index (χ2v) is 9.72. The first-order chi connectivity index (χ1) is 16.5. The molecule has 3 aromatic rings. The lowest BCUT2D eigenvalue weighted by Gasteiger charge is -2.35. The van der Waals surface area contributed by atoms with Gasteiger partial charge in [-0.1, -0.05) is 62.4 Å². The fourth-order valence-electron chi connectivity index (χ4n) is 4.82. The number of rotatable bonds is 9. The van der Waals surface area contributed by atoms with Gasteiger partial charge in [0.05, 0.1) is 0 Å². The highest BCUT2D eigenvalue weighted by atomic mass is 19.1. The van der Waals surface area contributed by atoms with E-state index >= 15 is 0 Å². The SMILES string of the molecule is Cc1cc(OC(CCN2CCN(Cc3ccccc3)CC2)c2ccc(F)cc2)ccc1C(C)C. The lowest BCUT2D eigenvalue weighted by atomic mass is 9.98. The van der Waals surface area contributed by atoms with Crippen LogP contribution in [-0.2, 0) is 6.54 Å². The van der Waals surface area contributed by atoms with Crippen molar-refractivity contribution < 1.29 is 9.13 Å². The van der Waals surface area contributed by atoms with Crippen molar-refractivity contribution in [2.24, 2.45) is 0 Å². The third-order valence-electron chi connectivity index (χ3n) is 6.80. The molecule has 3 aromatic carbocycles. The molecule has 0 bridgehead atoms. The molecule has 4 rings (SSSR count). The summed E-state index contributed by atoms with van der Waals surface area (Å²) in [6, 6.07) is 23.8. The van der Waals surface area contributed by atoms with Gasteiger partial charge in [-0.05, 0) is 59.4 Å². The molecule has 1 atom stereocenters. The largest absolute Gasteiger partial charge is 0.486 e. The van der Waals surface area contributed by atoms with Gasteiger partial charge in [0.25, 0.3) is 0 Å². The third kappa shape index (κ3) is 6.68. The summed E-state index contributed by atoms with van der Waals surface area (Å²) >= 11 is 0. The molecule has 1 saturated heterocycles. The van der Waals surface area contributed by atoms with Gasteiger partial charge in [0.1, 0.15) is 17.7 Å². The van der Waals surface area contributed by atoms with Crippen molar-refractivity contribution in [1.82, 2.24) is 9.80 Å². The summed E-state index contributed by atoms with van der Waals surface area (Å²) in [5, 5.41) is 0. The molecule has 0 N–H and O–H groups in total. The highest BCUT2D eigenvalue weighted by Gasteiger charge is 2.20. The van der Waals surface area contributed by atoms with E-state index in [1.807, 2.05) is 12.1 Å². The van der Waals surface area contributed by atoms with E-state index in [0.29, 0.717) is 5.92 Å². The fourth-order valence-corrected chi connectivity index (χ4v) is 4.82. The molecular formula is C30H37FN2O. The Balaban J connectivity index is 1.37. The van der Waals surface area contributed by atoms with Crippen LogP contribution in [0.15, 0.2) is 72.8 Å². The number of piperazine rings is 1. The van der Waals surface area contributed by atoms with Gasteiger partial charge in [0.15, 0.2) is 0 Å². The minimum Gasteiger partial charge on any atom is -0.486 e. The second-order valence-electron chi connectivity index (χ2n) is 9.72. The Labute approximate surface area is 204 Å². The quantitative estimate of drug-likeness (QED) is 0.358. The van der Waals surface area contributed by atoms with Crippen LogP contribution in [0.2, 0.25) is 0 Å². The summed E-state index contributed by atoms with van der Waals surface area (Å²) in [4.78, 5) is 5.05. The van der Waals surface area contributed by atoms with E-state index in [1.165, 1.54) is 28.8 Å². The van der Waals surface area contributed by atoms with Crippen LogP contribution in [0.1, 0.15) is 54.5 Å². The third-order valence-corrected chi connectivity index (χ3v) is 6.80. The van der Waals surface area contributed by atoms with E-state index in [2.05, 4.69) is 79.1 Å². The molecule has 180 valence electrons. The first-order valence-corrected chi connectivity index (χ1v) is 12.5. The molecule has 1 unspecified atom stereocenters. The predicted molar refractivity (Wildman–Crippen MR) is 138 cm³/mol. The van der Waals surface area contributed by atoms with Crippen molar-refractivity contribution >= 4 is 0 Å². The summed E-state index contributed by atoms with van der Waals surface area (Å²) in [7, 11) is 0.